The summed E-state index contributed by atoms with van der Waals surface area (Å²) in [4.78, 5) is 12.8. The fourth-order valence-electron chi connectivity index (χ4n) is 2.27. The lowest BCUT2D eigenvalue weighted by atomic mass is 10.0. The van der Waals surface area contributed by atoms with Crippen LogP contribution in [0.5, 0.6) is 0 Å². The van der Waals surface area contributed by atoms with Crippen LogP contribution >= 0.6 is 0 Å². The fourth-order valence-corrected chi connectivity index (χ4v) is 2.27. The van der Waals surface area contributed by atoms with Crippen molar-refractivity contribution in [3.05, 3.63) is 30.0 Å². The standard InChI is InChI=1S/C13H17N3O2/c1-2-14-13-7-15-12-4-3-9(6-11(12)13)5-10-8-17-18-16-10/h3-4,6-7,10,14-16H,2,5,8H2,1H3. The quantitative estimate of drug-likeness (QED) is 0.723. The van der Waals surface area contributed by atoms with Crippen LogP contribution in [0.4, 0.5) is 5.69 Å². The zero-order valence-corrected chi connectivity index (χ0v) is 10.3. The van der Waals surface area contributed by atoms with Crippen molar-refractivity contribution in [2.75, 3.05) is 18.5 Å². The third-order valence-electron chi connectivity index (χ3n) is 3.14. The molecule has 1 aromatic heterocycles. The van der Waals surface area contributed by atoms with E-state index in [2.05, 4.69) is 40.9 Å². The minimum atomic E-state index is 0.226. The van der Waals surface area contributed by atoms with Crippen molar-refractivity contribution >= 4 is 16.6 Å². The molecule has 5 heteroatoms. The molecule has 1 aliphatic heterocycles. The van der Waals surface area contributed by atoms with Gasteiger partial charge in [0, 0.05) is 23.6 Å². The Hall–Kier alpha value is -1.56. The Bertz CT molecular complexity index is 532. The van der Waals surface area contributed by atoms with Crippen molar-refractivity contribution in [3.63, 3.8) is 0 Å². The van der Waals surface area contributed by atoms with E-state index < -0.39 is 0 Å². The number of aromatic amines is 1. The minimum Gasteiger partial charge on any atom is -0.384 e. The number of nitrogens with one attached hydrogen (secondary N) is 3. The highest BCUT2D eigenvalue weighted by Gasteiger charge is 2.17. The van der Waals surface area contributed by atoms with E-state index in [1.54, 1.807) is 0 Å². The van der Waals surface area contributed by atoms with Gasteiger partial charge in [-0.25, -0.2) is 4.89 Å². The van der Waals surface area contributed by atoms with Gasteiger partial charge in [0.15, 0.2) is 0 Å². The highest BCUT2D eigenvalue weighted by atomic mass is 17.3. The van der Waals surface area contributed by atoms with Crippen molar-refractivity contribution in [1.82, 2.24) is 10.5 Å². The predicted molar refractivity (Wildman–Crippen MR) is 70.1 cm³/mol. The Labute approximate surface area is 105 Å². The molecule has 0 aliphatic carbocycles. The molecule has 1 atom stereocenters. The van der Waals surface area contributed by atoms with Crippen molar-refractivity contribution in [2.24, 2.45) is 0 Å². The van der Waals surface area contributed by atoms with E-state index in [0.29, 0.717) is 6.61 Å². The lowest BCUT2D eigenvalue weighted by Crippen LogP contribution is -2.25. The van der Waals surface area contributed by atoms with Crippen molar-refractivity contribution in [3.8, 4) is 0 Å². The van der Waals surface area contributed by atoms with E-state index in [4.69, 9.17) is 9.88 Å². The van der Waals surface area contributed by atoms with Crippen LogP contribution in [0, 0.1) is 0 Å². The van der Waals surface area contributed by atoms with Gasteiger partial charge in [0.25, 0.3) is 0 Å². The summed E-state index contributed by atoms with van der Waals surface area (Å²) in [7, 11) is 0. The number of benzene rings is 1. The van der Waals surface area contributed by atoms with Crippen LogP contribution in [0.1, 0.15) is 12.5 Å². The molecule has 0 radical (unpaired) electrons. The molecule has 1 fully saturated rings. The largest absolute Gasteiger partial charge is 0.384 e. The fraction of sp³-hybridized carbons (Fsp3) is 0.385. The van der Waals surface area contributed by atoms with Gasteiger partial charge in [0.05, 0.1) is 11.7 Å². The summed E-state index contributed by atoms with van der Waals surface area (Å²) in [5.41, 5.74) is 6.42. The van der Waals surface area contributed by atoms with Gasteiger partial charge in [-0.3, -0.25) is 0 Å². The van der Waals surface area contributed by atoms with E-state index in [1.165, 1.54) is 10.9 Å². The number of hydrogen-bond acceptors (Lipinski definition) is 4. The second-order valence-corrected chi connectivity index (χ2v) is 4.50. The van der Waals surface area contributed by atoms with Crippen molar-refractivity contribution < 1.29 is 9.88 Å². The predicted octanol–water partition coefficient (Wildman–Crippen LogP) is 1.98. The summed E-state index contributed by atoms with van der Waals surface area (Å²) >= 11 is 0. The van der Waals surface area contributed by atoms with Crippen LogP contribution in [0.3, 0.4) is 0 Å². The maximum absolute atomic E-state index is 4.83. The molecule has 1 saturated heterocycles. The first kappa shape index (κ1) is 11.5. The lowest BCUT2D eigenvalue weighted by Gasteiger charge is -2.07. The van der Waals surface area contributed by atoms with E-state index in [1.807, 2.05) is 6.20 Å². The molecule has 2 aromatic rings. The Morgan fingerprint density at radius 3 is 3.17 bits per heavy atom. The van der Waals surface area contributed by atoms with Gasteiger partial charge in [-0.1, -0.05) is 6.07 Å². The highest BCUT2D eigenvalue weighted by Crippen LogP contribution is 2.24. The second-order valence-electron chi connectivity index (χ2n) is 4.50. The molecule has 2 heterocycles. The normalized spacial score (nSPS) is 19.5. The number of hydrogen-bond donors (Lipinski definition) is 3. The zero-order chi connectivity index (χ0) is 12.4. The van der Waals surface area contributed by atoms with E-state index in [0.717, 1.165) is 24.2 Å². The van der Waals surface area contributed by atoms with E-state index >= 15 is 0 Å². The monoisotopic (exact) mass is 247 g/mol. The summed E-state index contributed by atoms with van der Waals surface area (Å²) in [6.07, 6.45) is 2.91. The molecule has 0 amide bonds. The topological polar surface area (TPSA) is 58.3 Å². The number of H-pyrrole nitrogens is 1. The third kappa shape index (κ3) is 2.20. The van der Waals surface area contributed by atoms with Crippen LogP contribution in [-0.4, -0.2) is 24.2 Å². The summed E-state index contributed by atoms with van der Waals surface area (Å²) < 4.78 is 0. The molecule has 0 bridgehead atoms. The summed E-state index contributed by atoms with van der Waals surface area (Å²) in [6.45, 7) is 3.61. The Morgan fingerprint density at radius 2 is 2.39 bits per heavy atom. The number of fused-ring (bicyclic) bond motifs is 1. The summed E-state index contributed by atoms with van der Waals surface area (Å²) in [6, 6.07) is 6.68. The Morgan fingerprint density at radius 1 is 1.44 bits per heavy atom. The van der Waals surface area contributed by atoms with Gasteiger partial charge >= 0.3 is 0 Å². The Kier molecular flexibility index (Phi) is 3.19. The molecule has 1 aliphatic rings. The lowest BCUT2D eigenvalue weighted by molar-refractivity contribution is -0.285. The number of hydroxylamine groups is 1. The van der Waals surface area contributed by atoms with Crippen molar-refractivity contribution in [1.29, 1.82) is 0 Å². The van der Waals surface area contributed by atoms with Crippen molar-refractivity contribution in [2.45, 2.75) is 19.4 Å². The summed E-state index contributed by atoms with van der Waals surface area (Å²) in [5.74, 6) is 0. The minimum absolute atomic E-state index is 0.226. The average molecular weight is 247 g/mol. The molecule has 0 spiro atoms. The maximum Gasteiger partial charge on any atom is 0.102 e. The molecular formula is C13H17N3O2. The average Bonchev–Trinajstić information content (AvgIpc) is 3.00. The first-order valence-electron chi connectivity index (χ1n) is 6.24. The Balaban J connectivity index is 1.86. The smallest absolute Gasteiger partial charge is 0.102 e. The number of rotatable bonds is 4. The second kappa shape index (κ2) is 4.97. The van der Waals surface area contributed by atoms with Gasteiger partial charge in [-0.05, 0) is 31.0 Å². The third-order valence-corrected chi connectivity index (χ3v) is 3.14. The molecule has 3 rings (SSSR count). The van der Waals surface area contributed by atoms with Crippen LogP contribution in [0.2, 0.25) is 0 Å². The molecule has 0 saturated carbocycles. The molecular weight excluding hydrogens is 230 g/mol. The highest BCUT2D eigenvalue weighted by molar-refractivity contribution is 5.92. The van der Waals surface area contributed by atoms with Gasteiger partial charge in [0.2, 0.25) is 0 Å². The SMILES string of the molecule is CCNc1c[nH]c2ccc(CC3COON3)cc12. The first-order valence-corrected chi connectivity index (χ1v) is 6.24. The van der Waals surface area contributed by atoms with E-state index in [9.17, 15) is 0 Å². The van der Waals surface area contributed by atoms with Crippen LogP contribution in [-0.2, 0) is 16.3 Å². The first-order chi connectivity index (χ1) is 8.86. The molecule has 3 N–H and O–H groups in total. The van der Waals surface area contributed by atoms with E-state index in [-0.39, 0.29) is 6.04 Å². The zero-order valence-electron chi connectivity index (χ0n) is 10.3. The van der Waals surface area contributed by atoms with Gasteiger partial charge in [0.1, 0.15) is 6.61 Å². The molecule has 5 nitrogen and oxygen atoms in total. The number of aromatic nitrogens is 1. The molecule has 18 heavy (non-hydrogen) atoms. The molecule has 1 unspecified atom stereocenters. The van der Waals surface area contributed by atoms with Crippen LogP contribution in [0.25, 0.3) is 10.9 Å². The van der Waals surface area contributed by atoms with Crippen LogP contribution < -0.4 is 10.8 Å². The van der Waals surface area contributed by atoms with Gasteiger partial charge in [-0.2, -0.15) is 5.48 Å². The summed E-state index contributed by atoms with van der Waals surface area (Å²) in [5, 5.41) is 4.59. The van der Waals surface area contributed by atoms with Gasteiger partial charge in [-0.15, -0.1) is 4.99 Å². The molecule has 96 valence electrons. The van der Waals surface area contributed by atoms with Crippen LogP contribution in [0.15, 0.2) is 24.4 Å². The van der Waals surface area contributed by atoms with Gasteiger partial charge < -0.3 is 10.3 Å². The maximum atomic E-state index is 4.83. The molecule has 1 aromatic carbocycles. The number of anilines is 1.